The van der Waals surface area contributed by atoms with Gasteiger partial charge in [0.25, 0.3) is 0 Å². The van der Waals surface area contributed by atoms with Crippen molar-refractivity contribution in [3.05, 3.63) is 47.7 Å². The molecule has 3 heterocycles. The van der Waals surface area contributed by atoms with Gasteiger partial charge in [0.1, 0.15) is 11.9 Å². The molecule has 2 aromatic heterocycles. The molecule has 2 aromatic rings. The standard InChI is InChI=1S/C23H27Cl2FN6O2/c1-13(21-17(24)2-3-18(26)22(21)25)34-19-8-14(9-29-23(19)28)15-10-30-32(11-15)16-4-6-31(7-5-16)12-20(27)33/h2-3,8-11,13,16,21-22H,4-7,12H2,1H3,(H2,27,33)(H2,28,29). The van der Waals surface area contributed by atoms with Gasteiger partial charge in [0.05, 0.1) is 30.1 Å². The van der Waals surface area contributed by atoms with Gasteiger partial charge in [-0.1, -0.05) is 11.6 Å². The van der Waals surface area contributed by atoms with Crippen LogP contribution >= 0.6 is 23.2 Å². The third kappa shape index (κ3) is 5.37. The van der Waals surface area contributed by atoms with E-state index in [1.807, 2.05) is 10.9 Å². The van der Waals surface area contributed by atoms with Crippen LogP contribution in [0.4, 0.5) is 10.2 Å². The first-order chi connectivity index (χ1) is 16.2. The van der Waals surface area contributed by atoms with Gasteiger partial charge in [-0.25, -0.2) is 9.37 Å². The van der Waals surface area contributed by atoms with E-state index in [0.717, 1.165) is 37.1 Å². The molecule has 4 N–H and O–H groups in total. The minimum absolute atomic E-state index is 0.211. The van der Waals surface area contributed by atoms with Crippen molar-refractivity contribution in [2.45, 2.75) is 37.3 Å². The van der Waals surface area contributed by atoms with E-state index >= 15 is 0 Å². The van der Waals surface area contributed by atoms with E-state index in [1.54, 1.807) is 25.4 Å². The Balaban J connectivity index is 1.46. The molecule has 4 rings (SSSR count). The molecule has 182 valence electrons. The fourth-order valence-electron chi connectivity index (χ4n) is 4.37. The van der Waals surface area contributed by atoms with Gasteiger partial charge in [-0.3, -0.25) is 14.4 Å². The number of piperidine rings is 1. The normalized spacial score (nSPS) is 22.7. The van der Waals surface area contributed by atoms with E-state index in [4.69, 9.17) is 39.4 Å². The Hall–Kier alpha value is -2.62. The molecule has 1 amide bonds. The summed E-state index contributed by atoms with van der Waals surface area (Å²) < 4.78 is 22.0. The van der Waals surface area contributed by atoms with E-state index in [9.17, 15) is 9.18 Å². The molecule has 2 aliphatic rings. The number of hydrogen-bond donors (Lipinski definition) is 2. The van der Waals surface area contributed by atoms with Crippen LogP contribution in [0.1, 0.15) is 25.8 Å². The number of pyridine rings is 1. The first-order valence-electron chi connectivity index (χ1n) is 11.1. The predicted molar refractivity (Wildman–Crippen MR) is 130 cm³/mol. The van der Waals surface area contributed by atoms with Crippen LogP contribution in [-0.4, -0.2) is 56.7 Å². The first kappa shape index (κ1) is 24.5. The van der Waals surface area contributed by atoms with Crippen molar-refractivity contribution >= 4 is 34.9 Å². The van der Waals surface area contributed by atoms with Crippen LogP contribution in [0.5, 0.6) is 5.75 Å². The van der Waals surface area contributed by atoms with E-state index in [2.05, 4.69) is 15.0 Å². The highest BCUT2D eigenvalue weighted by molar-refractivity contribution is 6.32. The average molecular weight is 509 g/mol. The Kier molecular flexibility index (Phi) is 7.45. The summed E-state index contributed by atoms with van der Waals surface area (Å²) in [7, 11) is 0. The third-order valence-corrected chi connectivity index (χ3v) is 7.10. The van der Waals surface area contributed by atoms with E-state index in [0.29, 0.717) is 10.8 Å². The summed E-state index contributed by atoms with van der Waals surface area (Å²) in [5.74, 6) is -0.754. The minimum atomic E-state index is -0.919. The molecule has 1 aliphatic carbocycles. The fraction of sp³-hybridized carbons (Fsp3) is 0.435. The summed E-state index contributed by atoms with van der Waals surface area (Å²) in [6.07, 6.45) is 9.35. The van der Waals surface area contributed by atoms with Crippen LogP contribution in [0.25, 0.3) is 11.1 Å². The maximum Gasteiger partial charge on any atom is 0.231 e. The summed E-state index contributed by atoms with van der Waals surface area (Å²) in [5.41, 5.74) is 13.0. The van der Waals surface area contributed by atoms with Crippen molar-refractivity contribution < 1.29 is 13.9 Å². The number of aromatic nitrogens is 3. The van der Waals surface area contributed by atoms with Crippen molar-refractivity contribution in [1.29, 1.82) is 0 Å². The SMILES string of the molecule is CC(Oc1cc(-c2cnn(C3CCN(CC(N)=O)CC3)c2)cnc1N)C1C(Cl)=CC=C(F)C1Cl. The third-order valence-electron chi connectivity index (χ3n) is 6.24. The molecule has 0 saturated carbocycles. The summed E-state index contributed by atoms with van der Waals surface area (Å²) in [4.78, 5) is 17.5. The maximum atomic E-state index is 14.0. The number of amides is 1. The Labute approximate surface area is 207 Å². The molecular formula is C23H27Cl2FN6O2. The van der Waals surface area contributed by atoms with Gasteiger partial charge in [0.2, 0.25) is 5.91 Å². The number of nitrogen functional groups attached to an aromatic ring is 1. The Bertz CT molecular complexity index is 1110. The Morgan fingerprint density at radius 2 is 2.03 bits per heavy atom. The number of hydrogen-bond acceptors (Lipinski definition) is 6. The highest BCUT2D eigenvalue weighted by atomic mass is 35.5. The zero-order valence-electron chi connectivity index (χ0n) is 18.7. The van der Waals surface area contributed by atoms with Crippen LogP contribution in [0.15, 0.2) is 47.7 Å². The van der Waals surface area contributed by atoms with Gasteiger partial charge in [-0.2, -0.15) is 5.10 Å². The number of primary amides is 1. The smallest absolute Gasteiger partial charge is 0.231 e. The highest BCUT2D eigenvalue weighted by Crippen LogP contribution is 2.38. The van der Waals surface area contributed by atoms with E-state index < -0.39 is 23.2 Å². The molecule has 3 unspecified atom stereocenters. The number of carbonyl (C=O) groups is 1. The summed E-state index contributed by atoms with van der Waals surface area (Å²) >= 11 is 12.5. The number of ether oxygens (including phenoxy) is 1. The number of alkyl halides is 1. The molecule has 1 saturated heterocycles. The molecule has 3 atom stereocenters. The molecular weight excluding hydrogens is 482 g/mol. The van der Waals surface area contributed by atoms with Crippen molar-refractivity contribution in [2.24, 2.45) is 11.7 Å². The number of allylic oxidation sites excluding steroid dienone is 3. The molecule has 8 nitrogen and oxygen atoms in total. The molecule has 0 aromatic carbocycles. The molecule has 11 heteroatoms. The zero-order valence-corrected chi connectivity index (χ0v) is 20.2. The zero-order chi connectivity index (χ0) is 24.4. The fourth-order valence-corrected chi connectivity index (χ4v) is 5.21. The lowest BCUT2D eigenvalue weighted by molar-refractivity contribution is -0.119. The summed E-state index contributed by atoms with van der Waals surface area (Å²) in [5, 5.41) is 4.03. The lowest BCUT2D eigenvalue weighted by Crippen LogP contribution is -2.40. The molecule has 0 bridgehead atoms. The molecule has 34 heavy (non-hydrogen) atoms. The number of anilines is 1. The Morgan fingerprint density at radius 3 is 2.74 bits per heavy atom. The van der Waals surface area contributed by atoms with Crippen molar-refractivity contribution in [3.63, 3.8) is 0 Å². The van der Waals surface area contributed by atoms with Gasteiger partial charge in [0, 0.05) is 41.6 Å². The van der Waals surface area contributed by atoms with E-state index in [1.165, 1.54) is 12.2 Å². The van der Waals surface area contributed by atoms with Gasteiger partial charge >= 0.3 is 0 Å². The maximum absolute atomic E-state index is 14.0. The highest BCUT2D eigenvalue weighted by Gasteiger charge is 2.35. The van der Waals surface area contributed by atoms with Crippen LogP contribution in [-0.2, 0) is 4.79 Å². The number of rotatable bonds is 7. The Morgan fingerprint density at radius 1 is 1.29 bits per heavy atom. The number of halogens is 3. The van der Waals surface area contributed by atoms with Crippen LogP contribution in [0.3, 0.4) is 0 Å². The monoisotopic (exact) mass is 508 g/mol. The minimum Gasteiger partial charge on any atom is -0.486 e. The molecule has 0 spiro atoms. The topological polar surface area (TPSA) is 112 Å². The number of nitrogens with two attached hydrogens (primary N) is 2. The van der Waals surface area contributed by atoms with E-state index in [-0.39, 0.29) is 24.3 Å². The lowest BCUT2D eigenvalue weighted by Gasteiger charge is -2.31. The summed E-state index contributed by atoms with van der Waals surface area (Å²) in [6.45, 7) is 3.63. The van der Waals surface area contributed by atoms with Crippen LogP contribution in [0.2, 0.25) is 0 Å². The number of carbonyl (C=O) groups excluding carboxylic acids is 1. The predicted octanol–water partition coefficient (Wildman–Crippen LogP) is 3.63. The second-order valence-corrected chi connectivity index (χ2v) is 9.55. The second-order valence-electron chi connectivity index (χ2n) is 8.64. The van der Waals surface area contributed by atoms with Gasteiger partial charge < -0.3 is 16.2 Å². The first-order valence-corrected chi connectivity index (χ1v) is 11.9. The van der Waals surface area contributed by atoms with Crippen molar-refractivity contribution in [1.82, 2.24) is 19.7 Å². The van der Waals surface area contributed by atoms with Crippen molar-refractivity contribution in [3.8, 4) is 16.9 Å². The van der Waals surface area contributed by atoms with Gasteiger partial charge in [-0.15, -0.1) is 11.6 Å². The summed E-state index contributed by atoms with van der Waals surface area (Å²) in [6, 6.07) is 2.02. The number of likely N-dealkylation sites (tertiary alicyclic amines) is 1. The molecule has 1 fully saturated rings. The quantitative estimate of drug-likeness (QED) is 0.552. The molecule has 0 radical (unpaired) electrons. The second kappa shape index (κ2) is 10.3. The van der Waals surface area contributed by atoms with Crippen LogP contribution < -0.4 is 16.2 Å². The van der Waals surface area contributed by atoms with Gasteiger partial charge in [-0.05, 0) is 38.0 Å². The largest absolute Gasteiger partial charge is 0.486 e. The van der Waals surface area contributed by atoms with Crippen LogP contribution in [0, 0.1) is 5.92 Å². The van der Waals surface area contributed by atoms with Crippen molar-refractivity contribution in [2.75, 3.05) is 25.4 Å². The average Bonchev–Trinajstić information content (AvgIpc) is 3.28. The van der Waals surface area contributed by atoms with Gasteiger partial charge in [0.15, 0.2) is 11.6 Å². The lowest BCUT2D eigenvalue weighted by atomic mass is 9.94. The number of nitrogens with zero attached hydrogens (tertiary/aromatic N) is 4. The molecule has 1 aliphatic heterocycles.